The first-order valence-electron chi connectivity index (χ1n) is 3.78. The fourth-order valence-electron chi connectivity index (χ4n) is 1.09. The van der Waals surface area contributed by atoms with Gasteiger partial charge in [0.2, 0.25) is 0 Å². The van der Waals surface area contributed by atoms with Gasteiger partial charge in [-0.2, -0.15) is 0 Å². The average Bonchev–Trinajstić information content (AvgIpc) is 2.17. The van der Waals surface area contributed by atoms with Crippen LogP contribution in [0.4, 0.5) is 0 Å². The lowest BCUT2D eigenvalue weighted by molar-refractivity contribution is -0.643. The van der Waals surface area contributed by atoms with Crippen molar-refractivity contribution in [2.75, 3.05) is 0 Å². The summed E-state index contributed by atoms with van der Waals surface area (Å²) in [5.41, 5.74) is 0.562. The highest BCUT2D eigenvalue weighted by Crippen LogP contribution is 2.04. The van der Waals surface area contributed by atoms with Crippen molar-refractivity contribution in [2.24, 2.45) is 0 Å². The monoisotopic (exact) mass is 191 g/mol. The van der Waals surface area contributed by atoms with Gasteiger partial charge in [-0.1, -0.05) is 12.1 Å². The van der Waals surface area contributed by atoms with Gasteiger partial charge in [0, 0.05) is 11.2 Å². The lowest BCUT2D eigenvalue weighted by atomic mass is 10.3. The van der Waals surface area contributed by atoms with Crippen molar-refractivity contribution < 1.29 is 14.7 Å². The van der Waals surface area contributed by atoms with Crippen LogP contribution in [0.25, 0.3) is 11.0 Å². The number of carboxylic acid groups (broad SMARTS) is 1. The van der Waals surface area contributed by atoms with Crippen LogP contribution in [0.5, 0.6) is 0 Å². The predicted molar refractivity (Wildman–Crippen MR) is 45.5 cm³/mol. The van der Waals surface area contributed by atoms with E-state index in [1.807, 2.05) is 0 Å². The number of nitrogens with zero attached hydrogens (tertiary/aromatic N) is 3. The summed E-state index contributed by atoms with van der Waals surface area (Å²) in [4.78, 5) is 14.5. The van der Waals surface area contributed by atoms with E-state index in [1.165, 1.54) is 6.07 Å². The smallest absolute Gasteiger partial charge is 0.380 e. The lowest BCUT2D eigenvalue weighted by Gasteiger charge is -1.98. The summed E-state index contributed by atoms with van der Waals surface area (Å²) in [5.74, 6) is -1.82. The molecule has 1 aromatic carbocycles. The van der Waals surface area contributed by atoms with Gasteiger partial charge in [-0.25, -0.2) is 9.78 Å². The second-order valence-electron chi connectivity index (χ2n) is 2.60. The van der Waals surface area contributed by atoms with E-state index < -0.39 is 11.8 Å². The van der Waals surface area contributed by atoms with Crippen LogP contribution in [0.1, 0.15) is 10.6 Å². The summed E-state index contributed by atoms with van der Waals surface area (Å²) in [7, 11) is 0. The van der Waals surface area contributed by atoms with Crippen LogP contribution in [-0.2, 0) is 0 Å². The SMILES string of the molecule is O=C(O)c1nc2ccccc2[n+]([O-])n1. The minimum atomic E-state index is -1.32. The molecule has 0 bridgehead atoms. The molecule has 0 saturated carbocycles. The molecule has 0 spiro atoms. The summed E-state index contributed by atoms with van der Waals surface area (Å²) in [6.45, 7) is 0. The molecule has 0 aliphatic carbocycles. The highest BCUT2D eigenvalue weighted by Gasteiger charge is 2.14. The molecule has 6 nitrogen and oxygen atoms in total. The summed E-state index contributed by atoms with van der Waals surface area (Å²) in [5, 5.41) is 23.0. The third-order valence-electron chi connectivity index (χ3n) is 1.69. The normalized spacial score (nSPS) is 10.3. The number of rotatable bonds is 1. The second-order valence-corrected chi connectivity index (χ2v) is 2.60. The molecule has 0 unspecified atom stereocenters. The summed E-state index contributed by atoms with van der Waals surface area (Å²) < 4.78 is 0. The third kappa shape index (κ3) is 1.22. The van der Waals surface area contributed by atoms with Gasteiger partial charge in [-0.15, -0.1) is 0 Å². The minimum absolute atomic E-state index is 0.248. The van der Waals surface area contributed by atoms with Crippen LogP contribution < -0.4 is 4.85 Å². The molecule has 70 valence electrons. The first-order valence-corrected chi connectivity index (χ1v) is 3.78. The van der Waals surface area contributed by atoms with Crippen molar-refractivity contribution in [3.8, 4) is 0 Å². The van der Waals surface area contributed by atoms with Crippen molar-refractivity contribution >= 4 is 17.0 Å². The van der Waals surface area contributed by atoms with E-state index in [1.54, 1.807) is 18.2 Å². The van der Waals surface area contributed by atoms with E-state index in [-0.39, 0.29) is 10.4 Å². The molecule has 0 aliphatic heterocycles. The average molecular weight is 191 g/mol. The zero-order valence-electron chi connectivity index (χ0n) is 6.91. The topological polar surface area (TPSA) is 90.0 Å². The zero-order valence-corrected chi connectivity index (χ0v) is 6.91. The van der Waals surface area contributed by atoms with Gasteiger partial charge in [0.1, 0.15) is 5.52 Å². The number of para-hydroxylation sites is 2. The van der Waals surface area contributed by atoms with Crippen LogP contribution >= 0.6 is 0 Å². The molecule has 1 N–H and O–H groups in total. The Kier molecular flexibility index (Phi) is 1.74. The molecular weight excluding hydrogens is 186 g/mol. The number of benzene rings is 1. The number of hydrogen-bond acceptors (Lipinski definition) is 4. The molecular formula is C8H5N3O3. The van der Waals surface area contributed by atoms with Crippen LogP contribution in [0.3, 0.4) is 0 Å². The predicted octanol–water partition coefficient (Wildman–Crippen LogP) is -0.0386. The van der Waals surface area contributed by atoms with E-state index in [9.17, 15) is 10.0 Å². The van der Waals surface area contributed by atoms with Crippen molar-refractivity contribution in [1.29, 1.82) is 0 Å². The van der Waals surface area contributed by atoms with E-state index in [4.69, 9.17) is 5.11 Å². The van der Waals surface area contributed by atoms with E-state index >= 15 is 0 Å². The van der Waals surface area contributed by atoms with Gasteiger partial charge >= 0.3 is 11.8 Å². The Bertz CT molecular complexity index is 512. The molecule has 0 amide bonds. The Morgan fingerprint density at radius 1 is 1.43 bits per heavy atom. The van der Waals surface area contributed by atoms with Gasteiger partial charge in [0.05, 0.1) is 0 Å². The molecule has 2 rings (SSSR count). The first kappa shape index (κ1) is 8.36. The highest BCUT2D eigenvalue weighted by molar-refractivity contribution is 5.84. The van der Waals surface area contributed by atoms with Crippen molar-refractivity contribution in [2.45, 2.75) is 0 Å². The maximum Gasteiger partial charge on any atom is 0.380 e. The van der Waals surface area contributed by atoms with Crippen LogP contribution in [0.15, 0.2) is 24.3 Å². The molecule has 1 aromatic heterocycles. The van der Waals surface area contributed by atoms with Gasteiger partial charge in [-0.3, -0.25) is 0 Å². The number of fused-ring (bicyclic) bond motifs is 1. The van der Waals surface area contributed by atoms with E-state index in [0.717, 1.165) is 0 Å². The highest BCUT2D eigenvalue weighted by atomic mass is 16.5. The zero-order chi connectivity index (χ0) is 10.1. The van der Waals surface area contributed by atoms with Crippen molar-refractivity contribution in [1.82, 2.24) is 10.1 Å². The molecule has 0 aliphatic rings. The van der Waals surface area contributed by atoms with Crippen molar-refractivity contribution in [3.63, 3.8) is 0 Å². The van der Waals surface area contributed by atoms with Crippen molar-refractivity contribution in [3.05, 3.63) is 35.3 Å². The van der Waals surface area contributed by atoms with E-state index in [2.05, 4.69) is 10.1 Å². The molecule has 1 heterocycles. The summed E-state index contributed by atoms with van der Waals surface area (Å²) >= 11 is 0. The Hall–Kier alpha value is -2.24. The standard InChI is InChI=1S/C8H5N3O3/c12-8(13)7-9-5-3-1-2-4-6(5)11(14)10-7/h1-4H,(H,12,13). The largest absolute Gasteiger partial charge is 0.594 e. The van der Waals surface area contributed by atoms with Crippen LogP contribution in [0, 0.1) is 5.21 Å². The molecule has 6 heteroatoms. The second kappa shape index (κ2) is 2.91. The van der Waals surface area contributed by atoms with Gasteiger partial charge in [-0.05, 0) is 10.9 Å². The molecule has 0 radical (unpaired) electrons. The maximum atomic E-state index is 11.2. The number of carbonyl (C=O) groups is 1. The summed E-state index contributed by atoms with van der Waals surface area (Å²) in [6, 6.07) is 6.40. The molecule has 0 fully saturated rings. The fourth-order valence-corrected chi connectivity index (χ4v) is 1.09. The van der Waals surface area contributed by atoms with Crippen LogP contribution in [0.2, 0.25) is 0 Å². The lowest BCUT2D eigenvalue weighted by Crippen LogP contribution is -2.35. The first-order chi connectivity index (χ1) is 6.68. The quantitative estimate of drug-likeness (QED) is 0.504. The number of aromatic nitrogens is 3. The molecule has 0 saturated heterocycles. The Balaban J connectivity index is 2.78. The van der Waals surface area contributed by atoms with Gasteiger partial charge in [0.15, 0.2) is 0 Å². The Morgan fingerprint density at radius 2 is 2.14 bits per heavy atom. The fraction of sp³-hybridized carbons (Fsp3) is 0. The molecule has 2 aromatic rings. The number of aromatic carboxylic acids is 1. The summed E-state index contributed by atoms with van der Waals surface area (Å²) in [6.07, 6.45) is 0. The van der Waals surface area contributed by atoms with E-state index in [0.29, 0.717) is 5.52 Å². The van der Waals surface area contributed by atoms with Crippen LogP contribution in [-0.4, -0.2) is 21.2 Å². The minimum Gasteiger partial charge on any atom is -0.594 e. The maximum absolute atomic E-state index is 11.2. The number of hydrogen-bond donors (Lipinski definition) is 1. The third-order valence-corrected chi connectivity index (χ3v) is 1.69. The van der Waals surface area contributed by atoms with Gasteiger partial charge < -0.3 is 10.3 Å². The Morgan fingerprint density at radius 3 is 2.86 bits per heavy atom. The Labute approximate surface area is 78.0 Å². The molecule has 0 atom stereocenters. The van der Waals surface area contributed by atoms with Gasteiger partial charge in [0.25, 0.3) is 5.52 Å². The molecule has 14 heavy (non-hydrogen) atoms. The number of carboxylic acids is 1.